The Hall–Kier alpha value is -2.54. The van der Waals surface area contributed by atoms with Gasteiger partial charge in [-0.05, 0) is 61.2 Å². The zero-order chi connectivity index (χ0) is 19.4. The van der Waals surface area contributed by atoms with Crippen LogP contribution in [0.5, 0.6) is 5.75 Å². The first kappa shape index (κ1) is 19.2. The lowest BCUT2D eigenvalue weighted by Gasteiger charge is -2.15. The molecule has 0 aromatic heterocycles. The fraction of sp³-hybridized carbons (Fsp3) is 0.350. The molecule has 0 radical (unpaired) electrons. The number of ether oxygens (including phenoxy) is 1. The van der Waals surface area contributed by atoms with E-state index in [1.807, 2.05) is 4.90 Å². The highest BCUT2D eigenvalue weighted by atomic mass is 32.2. The summed E-state index contributed by atoms with van der Waals surface area (Å²) in [5.41, 5.74) is 2.08. The molecule has 27 heavy (non-hydrogen) atoms. The van der Waals surface area contributed by atoms with Crippen LogP contribution in [0.2, 0.25) is 0 Å². The molecule has 0 aliphatic carbocycles. The maximum Gasteiger partial charge on any atom is 0.261 e. The average Bonchev–Trinajstić information content (AvgIpc) is 3.18. The van der Waals surface area contributed by atoms with E-state index < -0.39 is 10.0 Å². The monoisotopic (exact) mass is 388 g/mol. The highest BCUT2D eigenvalue weighted by Crippen LogP contribution is 2.23. The van der Waals surface area contributed by atoms with Gasteiger partial charge in [-0.25, -0.2) is 8.42 Å². The fourth-order valence-corrected chi connectivity index (χ4v) is 4.32. The molecule has 0 spiro atoms. The molecule has 1 heterocycles. The Bertz CT molecular complexity index is 917. The number of likely N-dealkylation sites (tertiary alicyclic amines) is 1. The van der Waals surface area contributed by atoms with E-state index in [0.29, 0.717) is 17.9 Å². The van der Waals surface area contributed by atoms with E-state index in [1.165, 1.54) is 6.07 Å². The molecular weight excluding hydrogens is 364 g/mol. The number of hydrogen-bond acceptors (Lipinski definition) is 4. The van der Waals surface area contributed by atoms with Crippen molar-refractivity contribution in [2.75, 3.05) is 24.9 Å². The highest BCUT2D eigenvalue weighted by molar-refractivity contribution is 7.92. The van der Waals surface area contributed by atoms with Crippen LogP contribution < -0.4 is 9.46 Å². The van der Waals surface area contributed by atoms with Crippen molar-refractivity contribution >= 4 is 21.6 Å². The van der Waals surface area contributed by atoms with Crippen LogP contribution in [0.25, 0.3) is 0 Å². The van der Waals surface area contributed by atoms with Gasteiger partial charge in [-0.3, -0.25) is 9.52 Å². The van der Waals surface area contributed by atoms with Crippen molar-refractivity contribution in [3.8, 4) is 5.75 Å². The smallest absolute Gasteiger partial charge is 0.261 e. The summed E-state index contributed by atoms with van der Waals surface area (Å²) in [6.45, 7) is 3.46. The number of anilines is 1. The molecule has 0 atom stereocenters. The summed E-state index contributed by atoms with van der Waals surface area (Å²) in [5.74, 6) is 0.760. The second-order valence-corrected chi connectivity index (χ2v) is 8.38. The molecule has 2 aromatic rings. The van der Waals surface area contributed by atoms with Gasteiger partial charge in [-0.1, -0.05) is 12.1 Å². The number of nitrogens with zero attached hydrogens (tertiary/aromatic N) is 1. The number of sulfonamides is 1. The maximum atomic E-state index is 12.6. The molecule has 1 aliphatic heterocycles. The zero-order valence-electron chi connectivity index (χ0n) is 15.6. The van der Waals surface area contributed by atoms with E-state index in [2.05, 4.69) is 4.72 Å². The second kappa shape index (κ2) is 8.00. The number of carbonyl (C=O) groups excluding carboxylic acids is 1. The minimum absolute atomic E-state index is 0.120. The quantitative estimate of drug-likeness (QED) is 0.825. The summed E-state index contributed by atoms with van der Waals surface area (Å²) < 4.78 is 32.9. The number of carbonyl (C=O) groups is 1. The Balaban J connectivity index is 1.68. The van der Waals surface area contributed by atoms with Gasteiger partial charge >= 0.3 is 0 Å². The molecule has 0 unspecified atom stereocenters. The summed E-state index contributed by atoms with van der Waals surface area (Å²) in [6.07, 6.45) is 2.47. The molecular formula is C20H24N2O4S. The lowest BCUT2D eigenvalue weighted by Crippen LogP contribution is -2.29. The summed E-state index contributed by atoms with van der Waals surface area (Å²) in [5, 5.41) is 0. The van der Waals surface area contributed by atoms with E-state index >= 15 is 0 Å². The first-order valence-electron chi connectivity index (χ1n) is 8.93. The summed E-state index contributed by atoms with van der Waals surface area (Å²) in [6, 6.07) is 11.6. The average molecular weight is 388 g/mol. The lowest BCUT2D eigenvalue weighted by molar-refractivity contribution is -0.129. The summed E-state index contributed by atoms with van der Waals surface area (Å²) in [4.78, 5) is 14.3. The van der Waals surface area contributed by atoms with Gasteiger partial charge in [0.2, 0.25) is 5.91 Å². The summed E-state index contributed by atoms with van der Waals surface area (Å²) in [7, 11) is -2.14. The first-order chi connectivity index (χ1) is 12.9. The van der Waals surface area contributed by atoms with Crippen LogP contribution >= 0.6 is 0 Å². The number of amides is 1. The number of methoxy groups -OCH3 is 1. The van der Waals surface area contributed by atoms with Gasteiger partial charge in [0.05, 0.1) is 18.4 Å². The van der Waals surface area contributed by atoms with Crippen LogP contribution in [0.1, 0.15) is 24.0 Å². The van der Waals surface area contributed by atoms with Gasteiger partial charge in [0, 0.05) is 18.8 Å². The molecule has 0 saturated carbocycles. The minimum atomic E-state index is -3.69. The normalized spacial score (nSPS) is 14.2. The Labute approximate surface area is 160 Å². The molecule has 1 amide bonds. The Morgan fingerprint density at radius 2 is 1.78 bits per heavy atom. The third-order valence-electron chi connectivity index (χ3n) is 4.70. The minimum Gasteiger partial charge on any atom is -0.496 e. The van der Waals surface area contributed by atoms with E-state index in [-0.39, 0.29) is 10.8 Å². The molecule has 1 N–H and O–H groups in total. The number of benzene rings is 2. The lowest BCUT2D eigenvalue weighted by atomic mass is 10.1. The standard InChI is InChI=1S/C20H24N2O4S/c1-15-13-18(9-10-19(15)26-2)27(24,25)21-17-7-5-16(6-8-17)14-20(23)22-11-3-4-12-22/h5-10,13,21H,3-4,11-12,14H2,1-2H3. The van der Waals surface area contributed by atoms with Gasteiger partial charge in [0.1, 0.15) is 5.75 Å². The number of rotatable bonds is 6. The van der Waals surface area contributed by atoms with Gasteiger partial charge in [-0.2, -0.15) is 0 Å². The van der Waals surface area contributed by atoms with Crippen molar-refractivity contribution in [1.29, 1.82) is 0 Å². The molecule has 0 bridgehead atoms. The van der Waals surface area contributed by atoms with Crippen molar-refractivity contribution in [1.82, 2.24) is 4.90 Å². The molecule has 3 rings (SSSR count). The highest BCUT2D eigenvalue weighted by Gasteiger charge is 2.18. The van der Waals surface area contributed by atoms with Crippen LogP contribution in [0.3, 0.4) is 0 Å². The number of aryl methyl sites for hydroxylation is 1. The van der Waals surface area contributed by atoms with Gasteiger partial charge < -0.3 is 9.64 Å². The molecule has 144 valence electrons. The van der Waals surface area contributed by atoms with Gasteiger partial charge in [0.25, 0.3) is 10.0 Å². The number of hydrogen-bond donors (Lipinski definition) is 1. The second-order valence-electron chi connectivity index (χ2n) is 6.70. The zero-order valence-corrected chi connectivity index (χ0v) is 16.4. The van der Waals surface area contributed by atoms with Crippen LogP contribution in [0, 0.1) is 6.92 Å². The van der Waals surface area contributed by atoms with Gasteiger partial charge in [-0.15, -0.1) is 0 Å². The maximum absolute atomic E-state index is 12.6. The predicted molar refractivity (Wildman–Crippen MR) is 104 cm³/mol. The van der Waals surface area contributed by atoms with E-state index in [0.717, 1.165) is 37.1 Å². The molecule has 1 fully saturated rings. The molecule has 2 aromatic carbocycles. The third kappa shape index (κ3) is 4.60. The van der Waals surface area contributed by atoms with Crippen LogP contribution in [0.15, 0.2) is 47.4 Å². The fourth-order valence-electron chi connectivity index (χ4n) is 3.18. The van der Waals surface area contributed by atoms with Crippen molar-refractivity contribution in [2.24, 2.45) is 0 Å². The Morgan fingerprint density at radius 1 is 1.11 bits per heavy atom. The van der Waals surface area contributed by atoms with Crippen molar-refractivity contribution < 1.29 is 17.9 Å². The van der Waals surface area contributed by atoms with E-state index in [4.69, 9.17) is 4.74 Å². The van der Waals surface area contributed by atoms with E-state index in [1.54, 1.807) is 50.4 Å². The topological polar surface area (TPSA) is 75.7 Å². The van der Waals surface area contributed by atoms with Crippen molar-refractivity contribution in [2.45, 2.75) is 31.1 Å². The number of nitrogens with one attached hydrogen (secondary N) is 1. The van der Waals surface area contributed by atoms with Crippen molar-refractivity contribution in [3.63, 3.8) is 0 Å². The van der Waals surface area contributed by atoms with Crippen molar-refractivity contribution in [3.05, 3.63) is 53.6 Å². The molecule has 1 aliphatic rings. The van der Waals surface area contributed by atoms with Gasteiger partial charge in [0.15, 0.2) is 0 Å². The molecule has 7 heteroatoms. The predicted octanol–water partition coefficient (Wildman–Crippen LogP) is 2.97. The molecule has 6 nitrogen and oxygen atoms in total. The van der Waals surface area contributed by atoms with Crippen LogP contribution in [-0.4, -0.2) is 39.4 Å². The Morgan fingerprint density at radius 3 is 2.37 bits per heavy atom. The van der Waals surface area contributed by atoms with E-state index in [9.17, 15) is 13.2 Å². The van der Waals surface area contributed by atoms with Crippen LogP contribution in [-0.2, 0) is 21.2 Å². The van der Waals surface area contributed by atoms with Crippen LogP contribution in [0.4, 0.5) is 5.69 Å². The third-order valence-corrected chi connectivity index (χ3v) is 6.08. The molecule has 1 saturated heterocycles. The summed E-state index contributed by atoms with van der Waals surface area (Å²) >= 11 is 0. The largest absolute Gasteiger partial charge is 0.496 e. The SMILES string of the molecule is COc1ccc(S(=O)(=O)Nc2ccc(CC(=O)N3CCCC3)cc2)cc1C. The Kier molecular flexibility index (Phi) is 5.70. The first-order valence-corrected chi connectivity index (χ1v) is 10.4.